The summed E-state index contributed by atoms with van der Waals surface area (Å²) in [5.74, 6) is 2.18. The lowest BCUT2D eigenvalue weighted by Gasteiger charge is -2.13. The van der Waals surface area contributed by atoms with Crippen LogP contribution in [0.3, 0.4) is 0 Å². The quantitative estimate of drug-likeness (QED) is 0.894. The maximum Gasteiger partial charge on any atom is 0.149 e. The second kappa shape index (κ2) is 5.36. The molecular formula is C14H22N6. The topological polar surface area (TPSA) is 60.6 Å². The molecule has 0 amide bonds. The lowest BCUT2D eigenvalue weighted by molar-refractivity contribution is 0.514. The van der Waals surface area contributed by atoms with E-state index in [2.05, 4.69) is 45.2 Å². The minimum atomic E-state index is 0.208. The summed E-state index contributed by atoms with van der Waals surface area (Å²) >= 11 is 0. The highest BCUT2D eigenvalue weighted by molar-refractivity contribution is 5.17. The molecule has 0 radical (unpaired) electrons. The molecule has 0 bridgehead atoms. The van der Waals surface area contributed by atoms with Gasteiger partial charge in [0.25, 0.3) is 0 Å². The largest absolute Gasteiger partial charge is 0.314 e. The van der Waals surface area contributed by atoms with Crippen LogP contribution in [0.1, 0.15) is 49.2 Å². The van der Waals surface area contributed by atoms with Crippen LogP contribution >= 0.6 is 0 Å². The normalized spacial score (nSPS) is 15.6. The molecule has 1 atom stereocenters. The maximum atomic E-state index is 4.47. The van der Waals surface area contributed by atoms with Crippen molar-refractivity contribution in [2.45, 2.75) is 52.2 Å². The average Bonchev–Trinajstić information content (AvgIpc) is 3.09. The molecule has 3 rings (SSSR count). The Morgan fingerprint density at radius 2 is 2.25 bits per heavy atom. The van der Waals surface area contributed by atoms with Gasteiger partial charge in [0.05, 0.1) is 11.7 Å². The van der Waals surface area contributed by atoms with Crippen molar-refractivity contribution < 1.29 is 0 Å². The van der Waals surface area contributed by atoms with Gasteiger partial charge in [0.15, 0.2) is 0 Å². The van der Waals surface area contributed by atoms with Gasteiger partial charge in [-0.3, -0.25) is 4.68 Å². The minimum absolute atomic E-state index is 0.208. The van der Waals surface area contributed by atoms with Crippen LogP contribution in [0.5, 0.6) is 0 Å². The molecule has 3 heterocycles. The van der Waals surface area contributed by atoms with E-state index in [0.29, 0.717) is 0 Å². The van der Waals surface area contributed by atoms with Gasteiger partial charge in [0.2, 0.25) is 0 Å². The fourth-order valence-corrected chi connectivity index (χ4v) is 2.88. The van der Waals surface area contributed by atoms with E-state index in [0.717, 1.165) is 37.6 Å². The standard InChI is InChI=1S/C14H22N6/c1-4-12-11(9-19(3)18-12)8-15-10(2)14-17-16-13-6-5-7-20(13)14/h9-10,15H,4-8H2,1-3H3. The van der Waals surface area contributed by atoms with Crippen molar-refractivity contribution >= 4 is 0 Å². The van der Waals surface area contributed by atoms with Gasteiger partial charge < -0.3 is 9.88 Å². The first-order valence-corrected chi connectivity index (χ1v) is 7.35. The zero-order chi connectivity index (χ0) is 14.1. The van der Waals surface area contributed by atoms with E-state index in [1.54, 1.807) is 0 Å². The fraction of sp³-hybridized carbons (Fsp3) is 0.643. The molecule has 6 nitrogen and oxygen atoms in total. The number of nitrogens with one attached hydrogen (secondary N) is 1. The van der Waals surface area contributed by atoms with Crippen LogP contribution in [0.2, 0.25) is 0 Å². The third kappa shape index (κ3) is 2.35. The predicted molar refractivity (Wildman–Crippen MR) is 76.2 cm³/mol. The molecule has 0 fully saturated rings. The third-order valence-corrected chi connectivity index (χ3v) is 3.95. The van der Waals surface area contributed by atoms with Crippen molar-refractivity contribution in [3.05, 3.63) is 29.1 Å². The van der Waals surface area contributed by atoms with Gasteiger partial charge in [0.1, 0.15) is 11.6 Å². The molecule has 2 aromatic heterocycles. The number of nitrogens with zero attached hydrogens (tertiary/aromatic N) is 5. The van der Waals surface area contributed by atoms with Crippen molar-refractivity contribution in [3.8, 4) is 0 Å². The lowest BCUT2D eigenvalue weighted by atomic mass is 10.2. The first-order valence-electron chi connectivity index (χ1n) is 7.35. The molecule has 108 valence electrons. The van der Waals surface area contributed by atoms with E-state index in [-0.39, 0.29) is 6.04 Å². The molecule has 6 heteroatoms. The molecule has 0 aliphatic carbocycles. The first-order chi connectivity index (χ1) is 9.69. The lowest BCUT2D eigenvalue weighted by Crippen LogP contribution is -2.22. The van der Waals surface area contributed by atoms with Crippen LogP contribution < -0.4 is 5.32 Å². The second-order valence-electron chi connectivity index (χ2n) is 5.46. The van der Waals surface area contributed by atoms with Gasteiger partial charge in [-0.05, 0) is 19.8 Å². The van der Waals surface area contributed by atoms with E-state index in [1.807, 2.05) is 11.7 Å². The summed E-state index contributed by atoms with van der Waals surface area (Å²) in [6.45, 7) is 6.16. The summed E-state index contributed by atoms with van der Waals surface area (Å²) in [4.78, 5) is 0. The summed E-state index contributed by atoms with van der Waals surface area (Å²) in [6.07, 6.45) is 5.30. The number of hydrogen-bond acceptors (Lipinski definition) is 4. The number of hydrogen-bond donors (Lipinski definition) is 1. The molecule has 20 heavy (non-hydrogen) atoms. The molecule has 0 spiro atoms. The first kappa shape index (κ1) is 13.3. The number of aryl methyl sites for hydroxylation is 3. The van der Waals surface area contributed by atoms with Gasteiger partial charge in [-0.15, -0.1) is 10.2 Å². The van der Waals surface area contributed by atoms with Crippen molar-refractivity contribution in [2.75, 3.05) is 0 Å². The van der Waals surface area contributed by atoms with Gasteiger partial charge in [-0.1, -0.05) is 6.92 Å². The van der Waals surface area contributed by atoms with Crippen LogP contribution in [0.25, 0.3) is 0 Å². The fourth-order valence-electron chi connectivity index (χ4n) is 2.88. The highest BCUT2D eigenvalue weighted by atomic mass is 15.3. The molecule has 1 unspecified atom stereocenters. The van der Waals surface area contributed by atoms with E-state index >= 15 is 0 Å². The van der Waals surface area contributed by atoms with Gasteiger partial charge in [0, 0.05) is 38.3 Å². The van der Waals surface area contributed by atoms with E-state index in [1.165, 1.54) is 17.7 Å². The number of aromatic nitrogens is 5. The zero-order valence-corrected chi connectivity index (χ0v) is 12.4. The van der Waals surface area contributed by atoms with Crippen LogP contribution in [0.4, 0.5) is 0 Å². The Morgan fingerprint density at radius 1 is 1.40 bits per heavy atom. The Morgan fingerprint density at radius 3 is 3.05 bits per heavy atom. The highest BCUT2D eigenvalue weighted by Crippen LogP contribution is 2.19. The molecule has 0 saturated carbocycles. The van der Waals surface area contributed by atoms with Crippen LogP contribution in [-0.2, 0) is 33.0 Å². The van der Waals surface area contributed by atoms with Gasteiger partial charge in [-0.2, -0.15) is 5.10 Å². The van der Waals surface area contributed by atoms with E-state index in [4.69, 9.17) is 0 Å². The Kier molecular flexibility index (Phi) is 3.56. The van der Waals surface area contributed by atoms with Crippen molar-refractivity contribution in [3.63, 3.8) is 0 Å². The Hall–Kier alpha value is -1.69. The van der Waals surface area contributed by atoms with Crippen molar-refractivity contribution in [2.24, 2.45) is 7.05 Å². The molecular weight excluding hydrogens is 252 g/mol. The highest BCUT2D eigenvalue weighted by Gasteiger charge is 2.21. The SMILES string of the molecule is CCc1nn(C)cc1CNC(C)c1nnc2n1CCC2. The van der Waals surface area contributed by atoms with Crippen LogP contribution in [-0.4, -0.2) is 24.5 Å². The molecule has 2 aromatic rings. The molecule has 0 aromatic carbocycles. The van der Waals surface area contributed by atoms with Gasteiger partial charge in [-0.25, -0.2) is 0 Å². The Balaban J connectivity index is 1.68. The van der Waals surface area contributed by atoms with Crippen LogP contribution in [0.15, 0.2) is 6.20 Å². The maximum absolute atomic E-state index is 4.47. The molecule has 1 aliphatic heterocycles. The summed E-state index contributed by atoms with van der Waals surface area (Å²) in [6, 6.07) is 0.208. The summed E-state index contributed by atoms with van der Waals surface area (Å²) in [7, 11) is 1.97. The Labute approximate surface area is 119 Å². The third-order valence-electron chi connectivity index (χ3n) is 3.95. The molecule has 1 aliphatic rings. The number of rotatable bonds is 5. The van der Waals surface area contributed by atoms with Crippen LogP contribution in [0, 0.1) is 0 Å². The zero-order valence-electron chi connectivity index (χ0n) is 12.4. The summed E-state index contributed by atoms with van der Waals surface area (Å²) in [5, 5.41) is 16.6. The smallest absolute Gasteiger partial charge is 0.149 e. The monoisotopic (exact) mass is 274 g/mol. The number of fused-ring (bicyclic) bond motifs is 1. The van der Waals surface area contributed by atoms with Gasteiger partial charge >= 0.3 is 0 Å². The second-order valence-corrected chi connectivity index (χ2v) is 5.46. The Bertz CT molecular complexity index is 597. The van der Waals surface area contributed by atoms with E-state index in [9.17, 15) is 0 Å². The summed E-state index contributed by atoms with van der Waals surface area (Å²) < 4.78 is 4.14. The molecule has 1 N–H and O–H groups in total. The molecule has 0 saturated heterocycles. The average molecular weight is 274 g/mol. The predicted octanol–water partition coefficient (Wildman–Crippen LogP) is 1.37. The van der Waals surface area contributed by atoms with E-state index < -0.39 is 0 Å². The minimum Gasteiger partial charge on any atom is -0.314 e. The van der Waals surface area contributed by atoms with Crippen molar-refractivity contribution in [1.82, 2.24) is 29.9 Å². The van der Waals surface area contributed by atoms with Crippen molar-refractivity contribution in [1.29, 1.82) is 0 Å². The summed E-state index contributed by atoms with van der Waals surface area (Å²) in [5.41, 5.74) is 2.43.